The van der Waals surface area contributed by atoms with Gasteiger partial charge in [-0.05, 0) is 49.1 Å². The number of hydrogen-bond donors (Lipinski definition) is 1. The van der Waals surface area contributed by atoms with Crippen molar-refractivity contribution in [2.24, 2.45) is 5.41 Å². The van der Waals surface area contributed by atoms with Gasteiger partial charge in [-0.2, -0.15) is 0 Å². The van der Waals surface area contributed by atoms with E-state index >= 15 is 0 Å². The predicted molar refractivity (Wildman–Crippen MR) is 55.1 cm³/mol. The number of nitrogens with one attached hydrogen (secondary N) is 1. The van der Waals surface area contributed by atoms with Crippen LogP contribution in [0.2, 0.25) is 0 Å². The van der Waals surface area contributed by atoms with Gasteiger partial charge in [0, 0.05) is 12.6 Å². The molecule has 1 heterocycles. The Labute approximate surface area is 84.7 Å². The summed E-state index contributed by atoms with van der Waals surface area (Å²) >= 11 is 0. The monoisotopic (exact) mass is 191 g/mol. The third-order valence-corrected chi connectivity index (χ3v) is 3.46. The largest absolute Gasteiger partial charge is 0.472 e. The predicted octanol–water partition coefficient (Wildman–Crippen LogP) is 2.35. The Morgan fingerprint density at radius 3 is 2.86 bits per heavy atom. The van der Waals surface area contributed by atoms with Crippen LogP contribution in [0.3, 0.4) is 0 Å². The van der Waals surface area contributed by atoms with E-state index in [-0.39, 0.29) is 0 Å². The maximum absolute atomic E-state index is 5.11. The van der Waals surface area contributed by atoms with Crippen LogP contribution in [0.5, 0.6) is 0 Å². The molecular weight excluding hydrogens is 174 g/mol. The maximum Gasteiger partial charge on any atom is 0.0934 e. The second kappa shape index (κ2) is 3.13. The molecule has 2 heteroatoms. The van der Waals surface area contributed by atoms with Crippen LogP contribution in [-0.2, 0) is 6.42 Å². The van der Waals surface area contributed by atoms with E-state index in [0.29, 0.717) is 5.41 Å². The van der Waals surface area contributed by atoms with Crippen molar-refractivity contribution < 1.29 is 4.42 Å². The Morgan fingerprint density at radius 1 is 1.43 bits per heavy atom. The molecule has 2 fully saturated rings. The van der Waals surface area contributed by atoms with Crippen molar-refractivity contribution in [3.63, 3.8) is 0 Å². The number of hydrogen-bond acceptors (Lipinski definition) is 2. The number of furan rings is 1. The lowest BCUT2D eigenvalue weighted by Gasteiger charge is -2.14. The molecule has 1 aromatic heterocycles. The average Bonchev–Trinajstić information content (AvgIpc) is 3.07. The van der Waals surface area contributed by atoms with Crippen LogP contribution in [0.25, 0.3) is 0 Å². The lowest BCUT2D eigenvalue weighted by molar-refractivity contribution is 0.450. The molecule has 0 aromatic carbocycles. The fourth-order valence-electron chi connectivity index (χ4n) is 2.07. The van der Waals surface area contributed by atoms with Gasteiger partial charge in [-0.15, -0.1) is 0 Å². The highest BCUT2D eigenvalue weighted by Gasteiger charge is 2.43. The molecule has 0 aliphatic heterocycles. The SMILES string of the molecule is c1cc(CC2(CNC3CC3)CC2)co1. The van der Waals surface area contributed by atoms with Crippen molar-refractivity contribution >= 4 is 0 Å². The molecule has 76 valence electrons. The second-order valence-electron chi connectivity index (χ2n) is 4.96. The first kappa shape index (κ1) is 8.54. The Kier molecular flexibility index (Phi) is 1.91. The summed E-state index contributed by atoms with van der Waals surface area (Å²) in [6.45, 7) is 1.21. The quantitative estimate of drug-likeness (QED) is 0.773. The van der Waals surface area contributed by atoms with Gasteiger partial charge in [-0.1, -0.05) is 0 Å². The fourth-order valence-corrected chi connectivity index (χ4v) is 2.07. The normalized spacial score (nSPS) is 23.7. The third kappa shape index (κ3) is 1.85. The van der Waals surface area contributed by atoms with E-state index in [4.69, 9.17) is 4.42 Å². The van der Waals surface area contributed by atoms with E-state index < -0.39 is 0 Å². The van der Waals surface area contributed by atoms with Crippen LogP contribution in [0.15, 0.2) is 23.0 Å². The van der Waals surface area contributed by atoms with Crippen molar-refractivity contribution in [1.29, 1.82) is 0 Å². The molecule has 0 amide bonds. The van der Waals surface area contributed by atoms with Gasteiger partial charge in [0.2, 0.25) is 0 Å². The van der Waals surface area contributed by atoms with Crippen LogP contribution >= 0.6 is 0 Å². The van der Waals surface area contributed by atoms with Gasteiger partial charge in [0.1, 0.15) is 0 Å². The van der Waals surface area contributed by atoms with E-state index in [1.165, 1.54) is 44.2 Å². The van der Waals surface area contributed by atoms with Crippen LogP contribution in [-0.4, -0.2) is 12.6 Å². The second-order valence-corrected chi connectivity index (χ2v) is 4.96. The zero-order valence-corrected chi connectivity index (χ0v) is 8.46. The molecule has 2 aliphatic rings. The summed E-state index contributed by atoms with van der Waals surface area (Å²) in [5, 5.41) is 3.64. The first-order valence-electron chi connectivity index (χ1n) is 5.61. The van der Waals surface area contributed by atoms with E-state index in [2.05, 4.69) is 11.4 Å². The first-order chi connectivity index (χ1) is 6.86. The molecule has 1 N–H and O–H groups in total. The maximum atomic E-state index is 5.11. The minimum atomic E-state index is 0.576. The van der Waals surface area contributed by atoms with Crippen LogP contribution in [0, 0.1) is 5.41 Å². The Bertz CT molecular complexity index is 296. The minimum Gasteiger partial charge on any atom is -0.472 e. The summed E-state index contributed by atoms with van der Waals surface area (Å²) in [6, 6.07) is 2.94. The summed E-state index contributed by atoms with van der Waals surface area (Å²) < 4.78 is 5.11. The van der Waals surface area contributed by atoms with Crippen LogP contribution in [0.1, 0.15) is 31.2 Å². The third-order valence-electron chi connectivity index (χ3n) is 3.46. The topological polar surface area (TPSA) is 25.2 Å². The molecule has 0 spiro atoms. The van der Waals surface area contributed by atoms with Gasteiger partial charge in [0.05, 0.1) is 12.5 Å². The Hall–Kier alpha value is -0.760. The standard InChI is InChI=1S/C12H17NO/c1-2-11(1)13-9-12(4-5-12)7-10-3-6-14-8-10/h3,6,8,11,13H,1-2,4-5,7,9H2. The highest BCUT2D eigenvalue weighted by Crippen LogP contribution is 2.48. The van der Waals surface area contributed by atoms with Gasteiger partial charge >= 0.3 is 0 Å². The highest BCUT2D eigenvalue weighted by atomic mass is 16.3. The molecule has 2 aliphatic carbocycles. The lowest BCUT2D eigenvalue weighted by atomic mass is 9.98. The molecular formula is C12H17NO. The van der Waals surface area contributed by atoms with E-state index in [1.54, 1.807) is 6.26 Å². The van der Waals surface area contributed by atoms with Gasteiger partial charge in [0.25, 0.3) is 0 Å². The molecule has 3 rings (SSSR count). The molecule has 0 unspecified atom stereocenters. The molecule has 0 atom stereocenters. The molecule has 14 heavy (non-hydrogen) atoms. The van der Waals surface area contributed by atoms with Crippen molar-refractivity contribution in [2.75, 3.05) is 6.54 Å². The average molecular weight is 191 g/mol. The number of rotatable bonds is 5. The van der Waals surface area contributed by atoms with E-state index in [1.807, 2.05) is 6.26 Å². The van der Waals surface area contributed by atoms with Crippen molar-refractivity contribution in [3.05, 3.63) is 24.2 Å². The highest BCUT2D eigenvalue weighted by molar-refractivity contribution is 5.13. The summed E-state index contributed by atoms with van der Waals surface area (Å²) in [6.07, 6.45) is 10.4. The molecule has 2 nitrogen and oxygen atoms in total. The zero-order chi connectivity index (χ0) is 9.43. The molecule has 2 saturated carbocycles. The fraction of sp³-hybridized carbons (Fsp3) is 0.667. The molecule has 0 bridgehead atoms. The zero-order valence-electron chi connectivity index (χ0n) is 8.46. The Balaban J connectivity index is 1.54. The van der Waals surface area contributed by atoms with E-state index in [0.717, 1.165) is 6.04 Å². The van der Waals surface area contributed by atoms with Gasteiger partial charge in [-0.25, -0.2) is 0 Å². The molecule has 1 aromatic rings. The van der Waals surface area contributed by atoms with Gasteiger partial charge < -0.3 is 9.73 Å². The summed E-state index contributed by atoms with van der Waals surface area (Å²) in [4.78, 5) is 0. The molecule has 0 saturated heterocycles. The van der Waals surface area contributed by atoms with Crippen LogP contribution in [0.4, 0.5) is 0 Å². The van der Waals surface area contributed by atoms with Crippen molar-refractivity contribution in [3.8, 4) is 0 Å². The first-order valence-corrected chi connectivity index (χ1v) is 5.61. The van der Waals surface area contributed by atoms with Crippen molar-refractivity contribution in [1.82, 2.24) is 5.32 Å². The van der Waals surface area contributed by atoms with Crippen molar-refractivity contribution in [2.45, 2.75) is 38.1 Å². The van der Waals surface area contributed by atoms with Gasteiger partial charge in [0.15, 0.2) is 0 Å². The summed E-state index contributed by atoms with van der Waals surface area (Å²) in [7, 11) is 0. The van der Waals surface area contributed by atoms with Gasteiger partial charge in [-0.3, -0.25) is 0 Å². The van der Waals surface area contributed by atoms with Crippen LogP contribution < -0.4 is 5.32 Å². The smallest absolute Gasteiger partial charge is 0.0934 e. The lowest BCUT2D eigenvalue weighted by Crippen LogP contribution is -2.27. The minimum absolute atomic E-state index is 0.576. The molecule has 0 radical (unpaired) electrons. The summed E-state index contributed by atoms with van der Waals surface area (Å²) in [5.74, 6) is 0. The Morgan fingerprint density at radius 2 is 2.29 bits per heavy atom. The van der Waals surface area contributed by atoms with E-state index in [9.17, 15) is 0 Å². The summed E-state index contributed by atoms with van der Waals surface area (Å²) in [5.41, 5.74) is 1.94.